The summed E-state index contributed by atoms with van der Waals surface area (Å²) in [5.74, 6) is 0.193. The number of aryl methyl sites for hydroxylation is 2. The second-order valence-electron chi connectivity index (χ2n) is 6.06. The van der Waals surface area contributed by atoms with Crippen LogP contribution in [0, 0.1) is 19.3 Å². The number of hydrogen-bond acceptors (Lipinski definition) is 3. The number of carboxylic acids is 1. The van der Waals surface area contributed by atoms with Gasteiger partial charge in [0.15, 0.2) is 0 Å². The zero-order valence-electron chi connectivity index (χ0n) is 12.5. The standard InChI is InChI=1S/C16H23NO3/c1-12-8-13(2)10-14(9-12)20-7-6-17-5-4-16(3,11-17)15(18)19/h8-10H,4-7,11H2,1-3H3,(H,18,19). The fourth-order valence-electron chi connectivity index (χ4n) is 2.73. The molecule has 0 amide bonds. The topological polar surface area (TPSA) is 49.8 Å². The third-order valence-corrected chi connectivity index (χ3v) is 3.94. The van der Waals surface area contributed by atoms with E-state index in [1.165, 1.54) is 11.1 Å². The Labute approximate surface area is 120 Å². The molecule has 0 bridgehead atoms. The second kappa shape index (κ2) is 5.83. The van der Waals surface area contributed by atoms with Crippen LogP contribution in [0.5, 0.6) is 5.75 Å². The van der Waals surface area contributed by atoms with Gasteiger partial charge in [-0.2, -0.15) is 0 Å². The summed E-state index contributed by atoms with van der Waals surface area (Å²) in [7, 11) is 0. The van der Waals surface area contributed by atoms with Crippen LogP contribution < -0.4 is 4.74 Å². The summed E-state index contributed by atoms with van der Waals surface area (Å²) < 4.78 is 5.77. The van der Waals surface area contributed by atoms with Gasteiger partial charge in [0.05, 0.1) is 5.41 Å². The van der Waals surface area contributed by atoms with E-state index in [9.17, 15) is 9.90 Å². The normalized spacial score (nSPS) is 22.9. The Kier molecular flexibility index (Phi) is 4.33. The SMILES string of the molecule is Cc1cc(C)cc(OCCN2CCC(C)(C(=O)O)C2)c1. The minimum absolute atomic E-state index is 0.596. The van der Waals surface area contributed by atoms with Gasteiger partial charge in [0.25, 0.3) is 0 Å². The fraction of sp³-hybridized carbons (Fsp3) is 0.562. The Morgan fingerprint density at radius 2 is 2.00 bits per heavy atom. The van der Waals surface area contributed by atoms with Crippen molar-refractivity contribution in [1.82, 2.24) is 4.90 Å². The predicted molar refractivity (Wildman–Crippen MR) is 78.2 cm³/mol. The summed E-state index contributed by atoms with van der Waals surface area (Å²) in [5.41, 5.74) is 1.79. The largest absolute Gasteiger partial charge is 0.492 e. The third-order valence-electron chi connectivity index (χ3n) is 3.94. The van der Waals surface area contributed by atoms with Gasteiger partial charge in [-0.1, -0.05) is 6.07 Å². The minimum Gasteiger partial charge on any atom is -0.492 e. The summed E-state index contributed by atoms with van der Waals surface area (Å²) in [6.07, 6.45) is 0.714. The molecule has 1 fully saturated rings. The summed E-state index contributed by atoms with van der Waals surface area (Å²) >= 11 is 0. The monoisotopic (exact) mass is 277 g/mol. The summed E-state index contributed by atoms with van der Waals surface area (Å²) in [6.45, 7) is 8.74. The van der Waals surface area contributed by atoms with Gasteiger partial charge in [0.1, 0.15) is 12.4 Å². The maximum Gasteiger partial charge on any atom is 0.310 e. The number of carbonyl (C=O) groups is 1. The van der Waals surface area contributed by atoms with Gasteiger partial charge < -0.3 is 9.84 Å². The number of aliphatic carboxylic acids is 1. The van der Waals surface area contributed by atoms with Crippen molar-refractivity contribution >= 4 is 5.97 Å². The Balaban J connectivity index is 1.81. The number of ether oxygens (including phenoxy) is 1. The summed E-state index contributed by atoms with van der Waals surface area (Å²) in [6, 6.07) is 6.17. The van der Waals surface area contributed by atoms with Gasteiger partial charge in [0.2, 0.25) is 0 Å². The van der Waals surface area contributed by atoms with Crippen LogP contribution in [0.15, 0.2) is 18.2 Å². The van der Waals surface area contributed by atoms with Crippen LogP contribution in [0.4, 0.5) is 0 Å². The van der Waals surface area contributed by atoms with Crippen LogP contribution in [0.3, 0.4) is 0 Å². The second-order valence-corrected chi connectivity index (χ2v) is 6.06. The quantitative estimate of drug-likeness (QED) is 0.898. The molecule has 20 heavy (non-hydrogen) atoms. The number of benzene rings is 1. The van der Waals surface area contributed by atoms with E-state index in [0.717, 1.165) is 18.8 Å². The highest BCUT2D eigenvalue weighted by Crippen LogP contribution is 2.29. The average molecular weight is 277 g/mol. The van der Waals surface area contributed by atoms with Gasteiger partial charge in [-0.3, -0.25) is 9.69 Å². The van der Waals surface area contributed by atoms with Crippen molar-refractivity contribution in [3.05, 3.63) is 29.3 Å². The van der Waals surface area contributed by atoms with E-state index < -0.39 is 11.4 Å². The lowest BCUT2D eigenvalue weighted by molar-refractivity contribution is -0.147. The molecule has 1 heterocycles. The van der Waals surface area contributed by atoms with E-state index in [4.69, 9.17) is 4.74 Å². The van der Waals surface area contributed by atoms with Crippen molar-refractivity contribution in [2.24, 2.45) is 5.41 Å². The molecule has 4 nitrogen and oxygen atoms in total. The van der Waals surface area contributed by atoms with E-state index in [0.29, 0.717) is 19.6 Å². The van der Waals surface area contributed by atoms with E-state index in [1.54, 1.807) is 0 Å². The van der Waals surface area contributed by atoms with Crippen molar-refractivity contribution in [3.63, 3.8) is 0 Å². The molecule has 0 aliphatic carbocycles. The molecule has 0 saturated carbocycles. The number of nitrogens with zero attached hydrogens (tertiary/aromatic N) is 1. The molecule has 110 valence electrons. The van der Waals surface area contributed by atoms with Crippen LogP contribution in [0.1, 0.15) is 24.5 Å². The highest BCUT2D eigenvalue weighted by Gasteiger charge is 2.40. The molecule has 1 aliphatic rings. The molecule has 0 spiro atoms. The Morgan fingerprint density at radius 1 is 1.35 bits per heavy atom. The van der Waals surface area contributed by atoms with Gasteiger partial charge in [-0.05, 0) is 57.0 Å². The van der Waals surface area contributed by atoms with E-state index in [-0.39, 0.29) is 0 Å². The lowest BCUT2D eigenvalue weighted by Gasteiger charge is -2.20. The maximum atomic E-state index is 11.2. The van der Waals surface area contributed by atoms with Gasteiger partial charge in [-0.15, -0.1) is 0 Å². The molecule has 2 rings (SSSR count). The molecule has 1 unspecified atom stereocenters. The van der Waals surface area contributed by atoms with Crippen LogP contribution in [-0.4, -0.2) is 42.2 Å². The first-order valence-corrected chi connectivity index (χ1v) is 7.06. The number of carboxylic acid groups (broad SMARTS) is 1. The fourth-order valence-corrected chi connectivity index (χ4v) is 2.73. The van der Waals surface area contributed by atoms with Crippen molar-refractivity contribution in [3.8, 4) is 5.75 Å². The van der Waals surface area contributed by atoms with Gasteiger partial charge in [0, 0.05) is 13.1 Å². The number of hydrogen-bond donors (Lipinski definition) is 1. The highest BCUT2D eigenvalue weighted by atomic mass is 16.5. The molecule has 1 atom stereocenters. The Morgan fingerprint density at radius 3 is 2.55 bits per heavy atom. The summed E-state index contributed by atoms with van der Waals surface area (Å²) in [4.78, 5) is 13.3. The zero-order valence-corrected chi connectivity index (χ0v) is 12.5. The molecular formula is C16H23NO3. The molecule has 0 radical (unpaired) electrons. The molecule has 4 heteroatoms. The highest BCUT2D eigenvalue weighted by molar-refractivity contribution is 5.74. The number of rotatable bonds is 5. The lowest BCUT2D eigenvalue weighted by atomic mass is 9.90. The average Bonchev–Trinajstić information content (AvgIpc) is 2.71. The molecule has 1 N–H and O–H groups in total. The van der Waals surface area contributed by atoms with Gasteiger partial charge in [-0.25, -0.2) is 0 Å². The third kappa shape index (κ3) is 3.51. The maximum absolute atomic E-state index is 11.2. The van der Waals surface area contributed by atoms with Crippen LogP contribution in [-0.2, 0) is 4.79 Å². The molecule has 1 aromatic carbocycles. The Hall–Kier alpha value is -1.55. The first kappa shape index (κ1) is 14.9. The molecule has 1 aromatic rings. The predicted octanol–water partition coefficient (Wildman–Crippen LogP) is 2.48. The minimum atomic E-state index is -0.699. The zero-order chi connectivity index (χ0) is 14.8. The van der Waals surface area contributed by atoms with E-state index >= 15 is 0 Å². The van der Waals surface area contributed by atoms with Crippen molar-refractivity contribution in [1.29, 1.82) is 0 Å². The van der Waals surface area contributed by atoms with E-state index in [2.05, 4.69) is 24.8 Å². The Bertz CT molecular complexity index is 480. The van der Waals surface area contributed by atoms with Crippen LogP contribution in [0.2, 0.25) is 0 Å². The first-order chi connectivity index (χ1) is 9.39. The number of likely N-dealkylation sites (tertiary alicyclic amines) is 1. The van der Waals surface area contributed by atoms with Crippen molar-refractivity contribution in [2.75, 3.05) is 26.2 Å². The van der Waals surface area contributed by atoms with Crippen LogP contribution >= 0.6 is 0 Å². The molecular weight excluding hydrogens is 254 g/mol. The molecule has 1 saturated heterocycles. The first-order valence-electron chi connectivity index (χ1n) is 7.06. The smallest absolute Gasteiger partial charge is 0.310 e. The molecule has 0 aromatic heterocycles. The van der Waals surface area contributed by atoms with Crippen molar-refractivity contribution < 1.29 is 14.6 Å². The van der Waals surface area contributed by atoms with E-state index in [1.807, 2.05) is 19.1 Å². The lowest BCUT2D eigenvalue weighted by Crippen LogP contribution is -2.33. The van der Waals surface area contributed by atoms with Crippen LogP contribution in [0.25, 0.3) is 0 Å². The molecule has 1 aliphatic heterocycles. The van der Waals surface area contributed by atoms with Gasteiger partial charge >= 0.3 is 5.97 Å². The summed E-state index contributed by atoms with van der Waals surface area (Å²) in [5, 5.41) is 9.20. The van der Waals surface area contributed by atoms with Crippen molar-refractivity contribution in [2.45, 2.75) is 27.2 Å².